The van der Waals surface area contributed by atoms with Gasteiger partial charge in [-0.2, -0.15) is 0 Å². The van der Waals surface area contributed by atoms with Gasteiger partial charge in [0.2, 0.25) is 0 Å². The summed E-state index contributed by atoms with van der Waals surface area (Å²) in [5.74, 6) is 1.25. The minimum atomic E-state index is 0.142. The number of nitrogens with zero attached hydrogens (tertiary/aromatic N) is 2. The lowest BCUT2D eigenvalue weighted by Crippen LogP contribution is -2.27. The van der Waals surface area contributed by atoms with Gasteiger partial charge in [0.1, 0.15) is 5.76 Å². The standard InChI is InChI=1S/C12H20N2O2/c1-4-5-14(6-7-15)8-11-12(10(2)3)16-9-13-11/h4,9-10,15H,1,5-8H2,2-3H3. The molecular weight excluding hydrogens is 204 g/mol. The molecule has 0 saturated heterocycles. The summed E-state index contributed by atoms with van der Waals surface area (Å²) in [6, 6.07) is 0. The zero-order valence-corrected chi connectivity index (χ0v) is 10.0. The molecular formula is C12H20N2O2. The highest BCUT2D eigenvalue weighted by Gasteiger charge is 2.14. The molecule has 0 spiro atoms. The number of aliphatic hydroxyl groups excluding tert-OH is 1. The molecule has 4 heteroatoms. The largest absolute Gasteiger partial charge is 0.448 e. The lowest BCUT2D eigenvalue weighted by atomic mass is 10.1. The lowest BCUT2D eigenvalue weighted by Gasteiger charge is -2.18. The van der Waals surface area contributed by atoms with Gasteiger partial charge in [-0.25, -0.2) is 4.98 Å². The summed E-state index contributed by atoms with van der Waals surface area (Å²) in [7, 11) is 0. The molecule has 1 heterocycles. The smallest absolute Gasteiger partial charge is 0.181 e. The number of hydrogen-bond donors (Lipinski definition) is 1. The topological polar surface area (TPSA) is 49.5 Å². The fraction of sp³-hybridized carbons (Fsp3) is 0.583. The Morgan fingerprint density at radius 1 is 1.62 bits per heavy atom. The Morgan fingerprint density at radius 2 is 2.38 bits per heavy atom. The predicted molar refractivity (Wildman–Crippen MR) is 63.2 cm³/mol. The highest BCUT2D eigenvalue weighted by Crippen LogP contribution is 2.19. The summed E-state index contributed by atoms with van der Waals surface area (Å²) >= 11 is 0. The Bertz CT molecular complexity index is 321. The van der Waals surface area contributed by atoms with Crippen LogP contribution in [0.3, 0.4) is 0 Å². The summed E-state index contributed by atoms with van der Waals surface area (Å²) in [6.07, 6.45) is 3.31. The first-order chi connectivity index (χ1) is 7.69. The van der Waals surface area contributed by atoms with E-state index < -0.39 is 0 Å². The van der Waals surface area contributed by atoms with Crippen LogP contribution in [0.4, 0.5) is 0 Å². The molecule has 1 N–H and O–H groups in total. The van der Waals surface area contributed by atoms with Crippen molar-refractivity contribution >= 4 is 0 Å². The first-order valence-corrected chi connectivity index (χ1v) is 5.55. The van der Waals surface area contributed by atoms with Crippen molar-refractivity contribution in [2.24, 2.45) is 0 Å². The second kappa shape index (κ2) is 6.45. The number of rotatable bonds is 7. The van der Waals surface area contributed by atoms with Crippen LogP contribution in [0.1, 0.15) is 31.2 Å². The fourth-order valence-corrected chi connectivity index (χ4v) is 1.64. The third kappa shape index (κ3) is 3.47. The molecule has 0 radical (unpaired) electrons. The quantitative estimate of drug-likeness (QED) is 0.717. The molecule has 0 aliphatic heterocycles. The third-order valence-electron chi connectivity index (χ3n) is 2.37. The van der Waals surface area contributed by atoms with Gasteiger partial charge < -0.3 is 9.52 Å². The van der Waals surface area contributed by atoms with Gasteiger partial charge in [0.05, 0.1) is 12.3 Å². The van der Waals surface area contributed by atoms with E-state index >= 15 is 0 Å². The van der Waals surface area contributed by atoms with Crippen molar-refractivity contribution in [1.29, 1.82) is 0 Å². The van der Waals surface area contributed by atoms with Gasteiger partial charge in [0.25, 0.3) is 0 Å². The van der Waals surface area contributed by atoms with Crippen LogP contribution in [0.15, 0.2) is 23.5 Å². The monoisotopic (exact) mass is 224 g/mol. The molecule has 90 valence electrons. The zero-order valence-electron chi connectivity index (χ0n) is 10.0. The van der Waals surface area contributed by atoms with Crippen LogP contribution >= 0.6 is 0 Å². The van der Waals surface area contributed by atoms with Crippen molar-refractivity contribution in [3.63, 3.8) is 0 Å². The van der Waals surface area contributed by atoms with Gasteiger partial charge >= 0.3 is 0 Å². The number of oxazole rings is 1. The first-order valence-electron chi connectivity index (χ1n) is 5.55. The van der Waals surface area contributed by atoms with Crippen LogP contribution in [0.5, 0.6) is 0 Å². The van der Waals surface area contributed by atoms with Crippen molar-refractivity contribution in [2.45, 2.75) is 26.3 Å². The Hall–Kier alpha value is -1.13. The number of aliphatic hydroxyl groups is 1. The van der Waals surface area contributed by atoms with Gasteiger partial charge in [-0.05, 0) is 0 Å². The number of hydrogen-bond acceptors (Lipinski definition) is 4. The maximum Gasteiger partial charge on any atom is 0.181 e. The third-order valence-corrected chi connectivity index (χ3v) is 2.37. The van der Waals surface area contributed by atoms with Gasteiger partial charge in [0, 0.05) is 25.6 Å². The van der Waals surface area contributed by atoms with Crippen molar-refractivity contribution in [3.05, 3.63) is 30.5 Å². The van der Waals surface area contributed by atoms with E-state index in [1.807, 2.05) is 6.08 Å². The normalized spacial score (nSPS) is 11.3. The van der Waals surface area contributed by atoms with E-state index in [2.05, 4.69) is 30.3 Å². The summed E-state index contributed by atoms with van der Waals surface area (Å²) < 4.78 is 5.36. The SMILES string of the molecule is C=CCN(CCO)Cc1ncoc1C(C)C. The Morgan fingerprint density at radius 3 is 2.94 bits per heavy atom. The first kappa shape index (κ1) is 12.9. The molecule has 0 atom stereocenters. The van der Waals surface area contributed by atoms with Gasteiger partial charge in [0.15, 0.2) is 6.39 Å². The Balaban J connectivity index is 2.68. The summed E-state index contributed by atoms with van der Waals surface area (Å²) in [6.45, 7) is 10.1. The van der Waals surface area contributed by atoms with Crippen molar-refractivity contribution in [3.8, 4) is 0 Å². The van der Waals surface area contributed by atoms with Gasteiger partial charge in [-0.3, -0.25) is 4.90 Å². The second-order valence-corrected chi connectivity index (χ2v) is 4.07. The van der Waals surface area contributed by atoms with E-state index in [0.717, 1.165) is 18.0 Å². The molecule has 4 nitrogen and oxygen atoms in total. The maximum atomic E-state index is 8.95. The molecule has 1 aromatic rings. The van der Waals surface area contributed by atoms with Crippen LogP contribution in [0.2, 0.25) is 0 Å². The molecule has 0 saturated carbocycles. The summed E-state index contributed by atoms with van der Waals surface area (Å²) in [4.78, 5) is 6.30. The van der Waals surface area contributed by atoms with E-state index in [0.29, 0.717) is 19.0 Å². The molecule has 0 fully saturated rings. The van der Waals surface area contributed by atoms with E-state index in [9.17, 15) is 0 Å². The zero-order chi connectivity index (χ0) is 12.0. The molecule has 0 aliphatic rings. The molecule has 16 heavy (non-hydrogen) atoms. The molecule has 0 unspecified atom stereocenters. The molecule has 0 aliphatic carbocycles. The maximum absolute atomic E-state index is 8.95. The molecule has 1 aromatic heterocycles. The molecule has 0 bridgehead atoms. The van der Waals surface area contributed by atoms with E-state index in [1.54, 1.807) is 0 Å². The minimum absolute atomic E-state index is 0.142. The Kier molecular flexibility index (Phi) is 5.22. The molecule has 0 aromatic carbocycles. The van der Waals surface area contributed by atoms with Crippen LogP contribution in [0.25, 0.3) is 0 Å². The van der Waals surface area contributed by atoms with Crippen molar-refractivity contribution in [1.82, 2.24) is 9.88 Å². The average Bonchev–Trinajstić information content (AvgIpc) is 2.66. The average molecular weight is 224 g/mol. The van der Waals surface area contributed by atoms with Gasteiger partial charge in [-0.15, -0.1) is 6.58 Å². The van der Waals surface area contributed by atoms with Crippen LogP contribution in [-0.4, -0.2) is 34.7 Å². The van der Waals surface area contributed by atoms with Crippen molar-refractivity contribution in [2.75, 3.05) is 19.7 Å². The molecule has 1 rings (SSSR count). The fourth-order valence-electron chi connectivity index (χ4n) is 1.64. The van der Waals surface area contributed by atoms with Crippen LogP contribution < -0.4 is 0 Å². The highest BCUT2D eigenvalue weighted by molar-refractivity contribution is 5.11. The van der Waals surface area contributed by atoms with E-state index in [1.165, 1.54) is 6.39 Å². The van der Waals surface area contributed by atoms with Gasteiger partial charge in [-0.1, -0.05) is 19.9 Å². The van der Waals surface area contributed by atoms with Crippen molar-refractivity contribution < 1.29 is 9.52 Å². The van der Waals surface area contributed by atoms with E-state index in [-0.39, 0.29) is 6.61 Å². The van der Waals surface area contributed by atoms with Crippen LogP contribution in [-0.2, 0) is 6.54 Å². The lowest BCUT2D eigenvalue weighted by molar-refractivity contribution is 0.201. The number of aromatic nitrogens is 1. The second-order valence-electron chi connectivity index (χ2n) is 4.07. The predicted octanol–water partition coefficient (Wildman–Crippen LogP) is 1.78. The summed E-state index contributed by atoms with van der Waals surface area (Å²) in [5.41, 5.74) is 0.949. The minimum Gasteiger partial charge on any atom is -0.448 e. The van der Waals surface area contributed by atoms with E-state index in [4.69, 9.17) is 9.52 Å². The van der Waals surface area contributed by atoms with Crippen LogP contribution in [0, 0.1) is 0 Å². The Labute approximate surface area is 96.6 Å². The molecule has 0 amide bonds. The summed E-state index contributed by atoms with van der Waals surface area (Å²) in [5, 5.41) is 8.95. The highest BCUT2D eigenvalue weighted by atomic mass is 16.3.